The van der Waals surface area contributed by atoms with E-state index in [9.17, 15) is 13.2 Å². The molecule has 0 radical (unpaired) electrons. The Morgan fingerprint density at radius 3 is 2.75 bits per heavy atom. The van der Waals surface area contributed by atoms with Crippen molar-refractivity contribution < 1.29 is 22.1 Å². The lowest BCUT2D eigenvalue weighted by Crippen LogP contribution is -2.07. The first-order valence-corrected chi connectivity index (χ1v) is 4.46. The number of hydrogen-bond donors (Lipinski definition) is 0. The average molecular weight is 190 g/mol. The molecule has 0 aromatic heterocycles. The Kier molecular flexibility index (Phi) is 2.18. The number of esters is 1. The van der Waals surface area contributed by atoms with Crippen LogP contribution in [0.15, 0.2) is 23.8 Å². The lowest BCUT2D eigenvalue weighted by Gasteiger charge is -1.99. The summed E-state index contributed by atoms with van der Waals surface area (Å²) in [5, 5.41) is 0.611. The minimum Gasteiger partial charge on any atom is -0.455 e. The molecule has 0 spiro atoms. The lowest BCUT2D eigenvalue weighted by atomic mass is 10.5. The Labute approximate surface area is 69.4 Å². The molecule has 1 rings (SSSR count). The van der Waals surface area contributed by atoms with Crippen LogP contribution in [0.4, 0.5) is 0 Å². The van der Waals surface area contributed by atoms with Crippen LogP contribution in [0.2, 0.25) is 0 Å². The molecule has 0 aliphatic carbocycles. The normalized spacial score (nSPS) is 16.7. The van der Waals surface area contributed by atoms with Crippen molar-refractivity contribution in [2.24, 2.45) is 0 Å². The van der Waals surface area contributed by atoms with Crippen LogP contribution in [-0.4, -0.2) is 21.0 Å². The summed E-state index contributed by atoms with van der Waals surface area (Å²) >= 11 is 0. The van der Waals surface area contributed by atoms with Crippen molar-refractivity contribution in [1.82, 2.24) is 0 Å². The third-order valence-electron chi connectivity index (χ3n) is 1.09. The smallest absolute Gasteiger partial charge is 0.375 e. The minimum atomic E-state index is -3.84. The number of cyclic esters (lactones) is 1. The maximum atomic E-state index is 10.7. The molecule has 0 aromatic rings. The van der Waals surface area contributed by atoms with Crippen LogP contribution in [0.3, 0.4) is 0 Å². The van der Waals surface area contributed by atoms with E-state index in [0.717, 1.165) is 0 Å². The summed E-state index contributed by atoms with van der Waals surface area (Å²) in [6.07, 6.45) is 1.24. The van der Waals surface area contributed by atoms with E-state index in [1.165, 1.54) is 6.08 Å². The maximum Gasteiger partial charge on any atom is 0.375 e. The standard InChI is InChI=1S/C6H6O5S/c1-2-12(8,9)11-5-3-4-10-6(5)7/h2-3H,1,4H2. The third-order valence-corrected chi connectivity index (χ3v) is 1.91. The molecule has 6 heteroatoms. The van der Waals surface area contributed by atoms with Crippen LogP contribution < -0.4 is 0 Å². The van der Waals surface area contributed by atoms with Crippen molar-refractivity contribution in [2.75, 3.05) is 6.61 Å². The highest BCUT2D eigenvalue weighted by molar-refractivity contribution is 7.89. The van der Waals surface area contributed by atoms with Gasteiger partial charge in [-0.15, -0.1) is 0 Å². The van der Waals surface area contributed by atoms with Crippen molar-refractivity contribution in [3.63, 3.8) is 0 Å². The van der Waals surface area contributed by atoms with Gasteiger partial charge in [0.15, 0.2) is 0 Å². The van der Waals surface area contributed by atoms with Crippen LogP contribution in [-0.2, 0) is 23.8 Å². The van der Waals surface area contributed by atoms with Crippen molar-refractivity contribution in [2.45, 2.75) is 0 Å². The van der Waals surface area contributed by atoms with Gasteiger partial charge < -0.3 is 8.92 Å². The molecule has 1 aliphatic rings. The van der Waals surface area contributed by atoms with Crippen LogP contribution in [0, 0.1) is 0 Å². The van der Waals surface area contributed by atoms with Gasteiger partial charge in [0.1, 0.15) is 6.61 Å². The summed E-state index contributed by atoms with van der Waals surface area (Å²) in [7, 11) is -3.84. The molecular weight excluding hydrogens is 184 g/mol. The molecule has 0 bridgehead atoms. The Morgan fingerprint density at radius 1 is 1.67 bits per heavy atom. The largest absolute Gasteiger partial charge is 0.455 e. The Balaban J connectivity index is 2.76. The second-order valence-electron chi connectivity index (χ2n) is 1.91. The van der Waals surface area contributed by atoms with E-state index < -0.39 is 16.1 Å². The van der Waals surface area contributed by atoms with Crippen molar-refractivity contribution in [3.05, 3.63) is 23.8 Å². The monoisotopic (exact) mass is 190 g/mol. The van der Waals surface area contributed by atoms with Gasteiger partial charge in [0.25, 0.3) is 0 Å². The molecular formula is C6H6O5S. The molecule has 0 aromatic carbocycles. The van der Waals surface area contributed by atoms with Crippen LogP contribution in [0.25, 0.3) is 0 Å². The number of hydrogen-bond acceptors (Lipinski definition) is 5. The van der Waals surface area contributed by atoms with E-state index in [0.29, 0.717) is 5.41 Å². The summed E-state index contributed by atoms with van der Waals surface area (Å²) in [5.74, 6) is -1.09. The minimum absolute atomic E-state index is 0.0425. The van der Waals surface area contributed by atoms with Crippen molar-refractivity contribution >= 4 is 16.1 Å². The van der Waals surface area contributed by atoms with E-state index in [2.05, 4.69) is 15.5 Å². The van der Waals surface area contributed by atoms with Gasteiger partial charge in [-0.2, -0.15) is 8.42 Å². The van der Waals surface area contributed by atoms with Crippen molar-refractivity contribution in [1.29, 1.82) is 0 Å². The van der Waals surface area contributed by atoms with Gasteiger partial charge in [-0.1, -0.05) is 6.58 Å². The molecule has 0 unspecified atom stereocenters. The molecule has 0 saturated heterocycles. The van der Waals surface area contributed by atoms with Crippen LogP contribution in [0.1, 0.15) is 0 Å². The topological polar surface area (TPSA) is 69.7 Å². The quantitative estimate of drug-likeness (QED) is 0.459. The molecule has 0 saturated carbocycles. The SMILES string of the molecule is C=CS(=O)(=O)OC1=CCOC1=O. The van der Waals surface area contributed by atoms with Gasteiger partial charge in [0, 0.05) is 6.08 Å². The molecule has 5 nitrogen and oxygen atoms in total. The van der Waals surface area contributed by atoms with E-state index in [1.54, 1.807) is 0 Å². The van der Waals surface area contributed by atoms with Gasteiger partial charge in [-0.25, -0.2) is 4.79 Å². The number of ether oxygens (including phenoxy) is 1. The number of carbonyl (C=O) groups excluding carboxylic acids is 1. The average Bonchev–Trinajstić information content (AvgIpc) is 2.36. The molecule has 66 valence electrons. The summed E-state index contributed by atoms with van der Waals surface area (Å²) in [6.45, 7) is 3.05. The molecule has 1 heterocycles. The van der Waals surface area contributed by atoms with Crippen LogP contribution >= 0.6 is 0 Å². The second kappa shape index (κ2) is 2.98. The predicted molar refractivity (Wildman–Crippen MR) is 39.2 cm³/mol. The molecule has 0 amide bonds. The van der Waals surface area contributed by atoms with E-state index in [-0.39, 0.29) is 12.4 Å². The zero-order chi connectivity index (χ0) is 9.19. The van der Waals surface area contributed by atoms with Crippen molar-refractivity contribution in [3.8, 4) is 0 Å². The molecule has 0 fully saturated rings. The molecule has 0 atom stereocenters. The summed E-state index contributed by atoms with van der Waals surface area (Å²) in [4.78, 5) is 10.7. The zero-order valence-electron chi connectivity index (χ0n) is 6.02. The predicted octanol–water partition coefficient (Wildman–Crippen LogP) is -0.0830. The summed E-state index contributed by atoms with van der Waals surface area (Å²) < 4.78 is 30.1. The van der Waals surface area contributed by atoms with Gasteiger partial charge in [-0.05, 0) is 0 Å². The molecule has 1 aliphatic heterocycles. The number of carbonyl (C=O) groups is 1. The van der Waals surface area contributed by atoms with Gasteiger partial charge in [-0.3, -0.25) is 0 Å². The Bertz CT molecular complexity index is 337. The highest BCUT2D eigenvalue weighted by atomic mass is 32.2. The molecule has 0 N–H and O–H groups in total. The van der Waals surface area contributed by atoms with E-state index in [1.807, 2.05) is 0 Å². The highest BCUT2D eigenvalue weighted by Crippen LogP contribution is 2.11. The summed E-state index contributed by atoms with van der Waals surface area (Å²) in [5.41, 5.74) is 0. The number of rotatable bonds is 3. The Morgan fingerprint density at radius 2 is 2.33 bits per heavy atom. The fourth-order valence-corrected chi connectivity index (χ4v) is 1.03. The van der Waals surface area contributed by atoms with Gasteiger partial charge in [0.05, 0.1) is 5.41 Å². The second-order valence-corrected chi connectivity index (χ2v) is 3.40. The first-order chi connectivity index (χ1) is 5.55. The lowest BCUT2D eigenvalue weighted by molar-refractivity contribution is -0.137. The molecule has 12 heavy (non-hydrogen) atoms. The highest BCUT2D eigenvalue weighted by Gasteiger charge is 2.22. The first kappa shape index (κ1) is 8.79. The summed E-state index contributed by atoms with van der Waals surface area (Å²) in [6, 6.07) is 0. The maximum absolute atomic E-state index is 10.7. The third kappa shape index (κ3) is 1.85. The zero-order valence-corrected chi connectivity index (χ0v) is 6.83. The first-order valence-electron chi connectivity index (χ1n) is 2.99. The van der Waals surface area contributed by atoms with E-state index >= 15 is 0 Å². The van der Waals surface area contributed by atoms with Gasteiger partial charge in [0.2, 0.25) is 5.76 Å². The van der Waals surface area contributed by atoms with Crippen LogP contribution in [0.5, 0.6) is 0 Å². The fraction of sp³-hybridized carbons (Fsp3) is 0.167. The van der Waals surface area contributed by atoms with Gasteiger partial charge >= 0.3 is 16.1 Å². The fourth-order valence-electron chi connectivity index (χ4n) is 0.575. The van der Waals surface area contributed by atoms with E-state index in [4.69, 9.17) is 0 Å². The Hall–Kier alpha value is -1.30.